The Morgan fingerprint density at radius 3 is 2.72 bits per heavy atom. The van der Waals surface area contributed by atoms with Gasteiger partial charge in [0.2, 0.25) is 0 Å². The monoisotopic (exact) mass is 247 g/mol. The molecular weight excluding hydrogens is 233 g/mol. The minimum Gasteiger partial charge on any atom is -0.494 e. The van der Waals surface area contributed by atoms with Crippen LogP contribution in [0.5, 0.6) is 5.75 Å². The van der Waals surface area contributed by atoms with Crippen molar-refractivity contribution < 1.29 is 9.13 Å². The molecule has 0 amide bonds. The summed E-state index contributed by atoms with van der Waals surface area (Å²) in [6.07, 6.45) is 0. The van der Waals surface area contributed by atoms with E-state index in [4.69, 9.17) is 4.74 Å². The van der Waals surface area contributed by atoms with Gasteiger partial charge >= 0.3 is 0 Å². The van der Waals surface area contributed by atoms with Gasteiger partial charge in [0.25, 0.3) is 0 Å². The molecule has 0 aliphatic rings. The summed E-state index contributed by atoms with van der Waals surface area (Å²) in [5.41, 5.74) is 0.930. The third kappa shape index (κ3) is 2.25. The molecule has 1 aromatic carbocycles. The fraction of sp³-hybridized carbons (Fsp3) is 0.231. The van der Waals surface area contributed by atoms with E-state index in [0.29, 0.717) is 22.9 Å². The van der Waals surface area contributed by atoms with E-state index in [9.17, 15) is 4.39 Å². The summed E-state index contributed by atoms with van der Waals surface area (Å²) in [6, 6.07) is 6.67. The minimum atomic E-state index is -0.417. The van der Waals surface area contributed by atoms with E-state index >= 15 is 0 Å². The molecule has 94 valence electrons. The zero-order valence-corrected chi connectivity index (χ0v) is 10.5. The van der Waals surface area contributed by atoms with Gasteiger partial charge in [-0.3, -0.25) is 0 Å². The highest BCUT2D eigenvalue weighted by molar-refractivity contribution is 5.65. The van der Waals surface area contributed by atoms with Crippen molar-refractivity contribution in [2.75, 3.05) is 19.5 Å². The smallest absolute Gasteiger partial charge is 0.174 e. The molecule has 1 aromatic heterocycles. The van der Waals surface area contributed by atoms with Crippen LogP contribution in [0.25, 0.3) is 11.3 Å². The van der Waals surface area contributed by atoms with Gasteiger partial charge in [0.05, 0.1) is 12.8 Å². The van der Waals surface area contributed by atoms with Gasteiger partial charge in [0.1, 0.15) is 11.6 Å². The molecule has 1 N–H and O–H groups in total. The van der Waals surface area contributed by atoms with E-state index in [2.05, 4.69) is 15.3 Å². The highest BCUT2D eigenvalue weighted by atomic mass is 19.1. The highest BCUT2D eigenvalue weighted by Crippen LogP contribution is 2.28. The van der Waals surface area contributed by atoms with Crippen LogP contribution in [0.3, 0.4) is 0 Å². The minimum absolute atomic E-state index is 0.203. The second-order valence-corrected chi connectivity index (χ2v) is 3.76. The summed E-state index contributed by atoms with van der Waals surface area (Å²) >= 11 is 0. The van der Waals surface area contributed by atoms with Crippen molar-refractivity contribution in [2.45, 2.75) is 6.92 Å². The molecule has 0 atom stereocenters. The number of rotatable bonds is 3. The molecule has 5 heteroatoms. The first kappa shape index (κ1) is 12.3. The largest absolute Gasteiger partial charge is 0.494 e. The molecule has 2 aromatic rings. The van der Waals surface area contributed by atoms with E-state index in [0.717, 1.165) is 0 Å². The number of halogens is 1. The molecule has 0 spiro atoms. The molecule has 4 nitrogen and oxygen atoms in total. The topological polar surface area (TPSA) is 47.0 Å². The summed E-state index contributed by atoms with van der Waals surface area (Å²) in [7, 11) is 3.19. The van der Waals surface area contributed by atoms with E-state index in [1.807, 2.05) is 0 Å². The Morgan fingerprint density at radius 2 is 2.06 bits per heavy atom. The van der Waals surface area contributed by atoms with Crippen LogP contribution in [-0.4, -0.2) is 24.1 Å². The number of hydrogen-bond donors (Lipinski definition) is 1. The maximum Gasteiger partial charge on any atom is 0.174 e. The molecule has 0 saturated heterocycles. The van der Waals surface area contributed by atoms with Gasteiger partial charge in [-0.15, -0.1) is 0 Å². The maximum atomic E-state index is 14.1. The zero-order valence-electron chi connectivity index (χ0n) is 10.5. The second kappa shape index (κ2) is 5.00. The fourth-order valence-electron chi connectivity index (χ4n) is 1.70. The molecular formula is C13H14FN3O. The van der Waals surface area contributed by atoms with Gasteiger partial charge in [-0.1, -0.05) is 6.07 Å². The first-order chi connectivity index (χ1) is 8.65. The van der Waals surface area contributed by atoms with Crippen LogP contribution in [0.1, 0.15) is 5.82 Å². The van der Waals surface area contributed by atoms with Crippen LogP contribution in [0.4, 0.5) is 10.2 Å². The summed E-state index contributed by atoms with van der Waals surface area (Å²) in [6.45, 7) is 1.77. The van der Waals surface area contributed by atoms with Gasteiger partial charge in [-0.2, -0.15) is 0 Å². The number of aryl methyl sites for hydroxylation is 1. The normalized spacial score (nSPS) is 10.2. The van der Waals surface area contributed by atoms with Gasteiger partial charge in [0, 0.05) is 18.7 Å². The predicted molar refractivity (Wildman–Crippen MR) is 68.3 cm³/mol. The number of methoxy groups -OCH3 is 1. The molecule has 1 heterocycles. The predicted octanol–water partition coefficient (Wildman–Crippen LogP) is 2.64. The Hall–Kier alpha value is -2.17. The standard InChI is InChI=1S/C13H14FN3O/c1-8-16-10(7-12(15-2)17-8)9-5-4-6-11(18-3)13(9)14/h4-7H,1-3H3,(H,15,16,17). The van der Waals surface area contributed by atoms with Crippen LogP contribution in [0.15, 0.2) is 24.3 Å². The second-order valence-electron chi connectivity index (χ2n) is 3.76. The van der Waals surface area contributed by atoms with Crippen molar-refractivity contribution >= 4 is 5.82 Å². The Balaban J connectivity index is 2.58. The first-order valence-electron chi connectivity index (χ1n) is 5.52. The van der Waals surface area contributed by atoms with Crippen molar-refractivity contribution in [1.82, 2.24) is 9.97 Å². The third-order valence-electron chi connectivity index (χ3n) is 2.55. The average molecular weight is 247 g/mol. The Bertz CT molecular complexity index is 572. The average Bonchev–Trinajstić information content (AvgIpc) is 2.38. The quantitative estimate of drug-likeness (QED) is 0.905. The number of hydrogen-bond acceptors (Lipinski definition) is 4. The lowest BCUT2D eigenvalue weighted by molar-refractivity contribution is 0.387. The SMILES string of the molecule is CNc1cc(-c2cccc(OC)c2F)nc(C)n1. The highest BCUT2D eigenvalue weighted by Gasteiger charge is 2.12. The van der Waals surface area contributed by atoms with Crippen LogP contribution in [0, 0.1) is 12.7 Å². The molecule has 2 rings (SSSR count). The number of nitrogens with one attached hydrogen (secondary N) is 1. The van der Waals surface area contributed by atoms with E-state index in [1.165, 1.54) is 7.11 Å². The Labute approximate surface area is 105 Å². The number of benzene rings is 1. The van der Waals surface area contributed by atoms with Gasteiger partial charge in [0.15, 0.2) is 11.6 Å². The van der Waals surface area contributed by atoms with Crippen LogP contribution in [-0.2, 0) is 0 Å². The summed E-state index contributed by atoms with van der Waals surface area (Å²) in [5, 5.41) is 2.92. The maximum absolute atomic E-state index is 14.1. The lowest BCUT2D eigenvalue weighted by atomic mass is 10.1. The third-order valence-corrected chi connectivity index (χ3v) is 2.55. The lowest BCUT2D eigenvalue weighted by Crippen LogP contribution is -1.99. The molecule has 0 radical (unpaired) electrons. The number of nitrogens with zero attached hydrogens (tertiary/aromatic N) is 2. The summed E-state index contributed by atoms with van der Waals surface area (Å²) in [5.74, 6) is 1.02. The molecule has 0 saturated carbocycles. The molecule has 0 bridgehead atoms. The van der Waals surface area contributed by atoms with Crippen molar-refractivity contribution in [3.63, 3.8) is 0 Å². The number of anilines is 1. The van der Waals surface area contributed by atoms with Crippen molar-refractivity contribution in [1.29, 1.82) is 0 Å². The van der Waals surface area contributed by atoms with E-state index in [-0.39, 0.29) is 5.75 Å². The summed E-state index contributed by atoms with van der Waals surface area (Å²) < 4.78 is 19.1. The first-order valence-corrected chi connectivity index (χ1v) is 5.52. The zero-order chi connectivity index (χ0) is 13.1. The molecule has 0 fully saturated rings. The summed E-state index contributed by atoms with van der Waals surface area (Å²) in [4.78, 5) is 8.42. The Morgan fingerprint density at radius 1 is 1.28 bits per heavy atom. The van der Waals surface area contributed by atoms with E-state index in [1.54, 1.807) is 38.2 Å². The van der Waals surface area contributed by atoms with Crippen molar-refractivity contribution in [3.8, 4) is 17.0 Å². The van der Waals surface area contributed by atoms with Crippen LogP contribution >= 0.6 is 0 Å². The van der Waals surface area contributed by atoms with Crippen LogP contribution < -0.4 is 10.1 Å². The van der Waals surface area contributed by atoms with Gasteiger partial charge in [-0.05, 0) is 19.1 Å². The molecule has 18 heavy (non-hydrogen) atoms. The van der Waals surface area contributed by atoms with Gasteiger partial charge < -0.3 is 10.1 Å². The van der Waals surface area contributed by atoms with E-state index < -0.39 is 5.82 Å². The van der Waals surface area contributed by atoms with Gasteiger partial charge in [-0.25, -0.2) is 14.4 Å². The van der Waals surface area contributed by atoms with Crippen molar-refractivity contribution in [3.05, 3.63) is 35.9 Å². The van der Waals surface area contributed by atoms with Crippen molar-refractivity contribution in [2.24, 2.45) is 0 Å². The molecule has 0 aliphatic carbocycles. The number of ether oxygens (including phenoxy) is 1. The fourth-order valence-corrected chi connectivity index (χ4v) is 1.70. The molecule has 0 aliphatic heterocycles. The molecule has 0 unspecified atom stereocenters. The number of aromatic nitrogens is 2. The van der Waals surface area contributed by atoms with Crippen LogP contribution in [0.2, 0.25) is 0 Å². The Kier molecular flexibility index (Phi) is 3.41. The lowest BCUT2D eigenvalue weighted by Gasteiger charge is -2.09.